The lowest BCUT2D eigenvalue weighted by Gasteiger charge is -2.13. The third-order valence-electron chi connectivity index (χ3n) is 4.95. The molecule has 1 aliphatic heterocycles. The number of nitrogens with zero attached hydrogens (tertiary/aromatic N) is 3. The zero-order chi connectivity index (χ0) is 16.0. The van der Waals surface area contributed by atoms with E-state index in [-0.39, 0.29) is 0 Å². The SMILES string of the molecule is CN1CCc2c(n(C)c3c(-c4ccncc4)cc(Cl)cc23)CC1. The summed E-state index contributed by atoms with van der Waals surface area (Å²) in [4.78, 5) is 6.54. The monoisotopic (exact) mass is 325 g/mol. The summed E-state index contributed by atoms with van der Waals surface area (Å²) in [6, 6.07) is 8.31. The molecule has 3 nitrogen and oxygen atoms in total. The van der Waals surface area contributed by atoms with Gasteiger partial charge >= 0.3 is 0 Å². The Balaban J connectivity index is 2.02. The molecule has 1 aromatic carbocycles. The zero-order valence-corrected chi connectivity index (χ0v) is 14.3. The van der Waals surface area contributed by atoms with Crippen LogP contribution in [0, 0.1) is 0 Å². The van der Waals surface area contributed by atoms with Crippen molar-refractivity contribution in [1.29, 1.82) is 0 Å². The van der Waals surface area contributed by atoms with Gasteiger partial charge in [0.05, 0.1) is 5.52 Å². The van der Waals surface area contributed by atoms with E-state index in [1.165, 1.54) is 33.3 Å². The van der Waals surface area contributed by atoms with Crippen molar-refractivity contribution in [3.8, 4) is 11.1 Å². The molecule has 23 heavy (non-hydrogen) atoms. The van der Waals surface area contributed by atoms with E-state index in [0.717, 1.165) is 31.0 Å². The van der Waals surface area contributed by atoms with Crippen LogP contribution in [-0.4, -0.2) is 34.6 Å². The standard InChI is InChI=1S/C19H20ClN3/c1-22-9-5-15-17-12-14(20)11-16(13-3-7-21-8-4-13)19(17)23(2)18(15)6-10-22/h3-4,7-8,11-12H,5-6,9-10H2,1-2H3. The second kappa shape index (κ2) is 5.66. The van der Waals surface area contributed by atoms with Gasteiger partial charge in [-0.25, -0.2) is 0 Å². The number of pyridine rings is 1. The molecule has 0 N–H and O–H groups in total. The van der Waals surface area contributed by atoms with Crippen LogP contribution >= 0.6 is 11.6 Å². The van der Waals surface area contributed by atoms with Crippen LogP contribution in [0.25, 0.3) is 22.0 Å². The maximum atomic E-state index is 6.46. The summed E-state index contributed by atoms with van der Waals surface area (Å²) < 4.78 is 2.37. The number of hydrogen-bond acceptors (Lipinski definition) is 2. The van der Waals surface area contributed by atoms with Crippen LogP contribution in [0.1, 0.15) is 11.3 Å². The molecule has 4 heteroatoms. The molecule has 0 fully saturated rings. The number of fused-ring (bicyclic) bond motifs is 3. The van der Waals surface area contributed by atoms with Crippen LogP contribution in [0.4, 0.5) is 0 Å². The van der Waals surface area contributed by atoms with E-state index >= 15 is 0 Å². The summed E-state index contributed by atoms with van der Waals surface area (Å²) in [5.74, 6) is 0. The highest BCUT2D eigenvalue weighted by atomic mass is 35.5. The van der Waals surface area contributed by atoms with E-state index in [9.17, 15) is 0 Å². The fourth-order valence-electron chi connectivity index (χ4n) is 3.74. The average molecular weight is 326 g/mol. The van der Waals surface area contributed by atoms with Gasteiger partial charge in [0, 0.05) is 60.6 Å². The third kappa shape index (κ3) is 2.44. The average Bonchev–Trinajstić information content (AvgIpc) is 2.70. The van der Waals surface area contributed by atoms with E-state index in [2.05, 4.69) is 52.8 Å². The van der Waals surface area contributed by atoms with Crippen molar-refractivity contribution in [3.05, 3.63) is 52.9 Å². The number of hydrogen-bond donors (Lipinski definition) is 0. The highest BCUT2D eigenvalue weighted by Crippen LogP contribution is 2.37. The summed E-state index contributed by atoms with van der Waals surface area (Å²) in [7, 11) is 4.38. The van der Waals surface area contributed by atoms with Crippen molar-refractivity contribution < 1.29 is 0 Å². The third-order valence-corrected chi connectivity index (χ3v) is 5.17. The van der Waals surface area contributed by atoms with Crippen molar-refractivity contribution in [2.75, 3.05) is 20.1 Å². The molecule has 118 valence electrons. The Hall–Kier alpha value is -1.84. The molecule has 0 radical (unpaired) electrons. The lowest BCUT2D eigenvalue weighted by molar-refractivity contribution is 0.351. The molecule has 3 aromatic rings. The van der Waals surface area contributed by atoms with Gasteiger partial charge in [-0.2, -0.15) is 0 Å². The summed E-state index contributed by atoms with van der Waals surface area (Å²) in [6.45, 7) is 2.21. The van der Waals surface area contributed by atoms with E-state index in [4.69, 9.17) is 11.6 Å². The highest BCUT2D eigenvalue weighted by Gasteiger charge is 2.21. The summed E-state index contributed by atoms with van der Waals surface area (Å²) >= 11 is 6.46. The molecule has 0 aliphatic carbocycles. The molecule has 0 bridgehead atoms. The first kappa shape index (κ1) is 14.7. The van der Waals surface area contributed by atoms with Crippen molar-refractivity contribution in [3.63, 3.8) is 0 Å². The Bertz CT molecular complexity index is 867. The molecule has 3 heterocycles. The minimum absolute atomic E-state index is 0.801. The fourth-order valence-corrected chi connectivity index (χ4v) is 3.96. The minimum atomic E-state index is 0.801. The van der Waals surface area contributed by atoms with Crippen LogP contribution in [-0.2, 0) is 19.9 Å². The van der Waals surface area contributed by atoms with Gasteiger partial charge in [0.25, 0.3) is 0 Å². The van der Waals surface area contributed by atoms with E-state index in [0.29, 0.717) is 0 Å². The smallest absolute Gasteiger partial charge is 0.0563 e. The maximum Gasteiger partial charge on any atom is 0.0563 e. The van der Waals surface area contributed by atoms with Crippen molar-refractivity contribution in [1.82, 2.24) is 14.5 Å². The molecule has 0 saturated heterocycles. The lowest BCUT2D eigenvalue weighted by Crippen LogP contribution is -2.21. The van der Waals surface area contributed by atoms with Crippen LogP contribution < -0.4 is 0 Å². The Morgan fingerprint density at radius 3 is 2.57 bits per heavy atom. The molecular formula is C19H20ClN3. The number of benzene rings is 1. The quantitative estimate of drug-likeness (QED) is 0.676. The van der Waals surface area contributed by atoms with Crippen LogP contribution in [0.3, 0.4) is 0 Å². The first-order valence-electron chi connectivity index (χ1n) is 8.04. The zero-order valence-electron chi connectivity index (χ0n) is 13.5. The van der Waals surface area contributed by atoms with Crippen LogP contribution in [0.15, 0.2) is 36.7 Å². The number of likely N-dealkylation sites (N-methyl/N-ethyl adjacent to an activating group) is 1. The van der Waals surface area contributed by atoms with Gasteiger partial charge in [0.2, 0.25) is 0 Å². The number of halogens is 1. The van der Waals surface area contributed by atoms with Gasteiger partial charge in [-0.05, 0) is 48.9 Å². The lowest BCUT2D eigenvalue weighted by atomic mass is 10.0. The molecule has 0 unspecified atom stereocenters. The van der Waals surface area contributed by atoms with Crippen LogP contribution in [0.2, 0.25) is 5.02 Å². The van der Waals surface area contributed by atoms with Gasteiger partial charge < -0.3 is 9.47 Å². The maximum absolute atomic E-state index is 6.46. The van der Waals surface area contributed by atoms with Gasteiger partial charge in [-0.3, -0.25) is 4.98 Å². The van der Waals surface area contributed by atoms with Crippen molar-refractivity contribution >= 4 is 22.5 Å². The van der Waals surface area contributed by atoms with Crippen LogP contribution in [0.5, 0.6) is 0 Å². The Morgan fingerprint density at radius 1 is 1.04 bits per heavy atom. The van der Waals surface area contributed by atoms with E-state index in [1.54, 1.807) is 0 Å². The summed E-state index contributed by atoms with van der Waals surface area (Å²) in [5.41, 5.74) is 6.56. The molecule has 0 amide bonds. The van der Waals surface area contributed by atoms with Gasteiger partial charge in [-0.15, -0.1) is 0 Å². The Kier molecular flexibility index (Phi) is 3.63. The minimum Gasteiger partial charge on any atom is -0.347 e. The molecule has 4 rings (SSSR count). The number of aryl methyl sites for hydroxylation is 1. The van der Waals surface area contributed by atoms with Gasteiger partial charge in [0.15, 0.2) is 0 Å². The Labute approximate surface area is 141 Å². The molecule has 2 aromatic heterocycles. The van der Waals surface area contributed by atoms with Crippen molar-refractivity contribution in [2.24, 2.45) is 7.05 Å². The molecule has 0 spiro atoms. The molecule has 0 saturated carbocycles. The predicted octanol–water partition coefficient (Wildman–Crippen LogP) is 3.92. The van der Waals surface area contributed by atoms with E-state index < -0.39 is 0 Å². The van der Waals surface area contributed by atoms with E-state index in [1.807, 2.05) is 12.4 Å². The fraction of sp³-hybridized carbons (Fsp3) is 0.316. The first-order valence-corrected chi connectivity index (χ1v) is 8.41. The molecule has 1 aliphatic rings. The largest absolute Gasteiger partial charge is 0.347 e. The summed E-state index contributed by atoms with van der Waals surface area (Å²) in [6.07, 6.45) is 5.85. The molecule has 0 atom stereocenters. The summed E-state index contributed by atoms with van der Waals surface area (Å²) in [5, 5.41) is 2.10. The van der Waals surface area contributed by atoms with Gasteiger partial charge in [0.1, 0.15) is 0 Å². The number of rotatable bonds is 1. The first-order chi connectivity index (χ1) is 11.1. The Morgan fingerprint density at radius 2 is 1.78 bits per heavy atom. The molecular weight excluding hydrogens is 306 g/mol. The second-order valence-corrected chi connectivity index (χ2v) is 6.81. The second-order valence-electron chi connectivity index (χ2n) is 6.37. The van der Waals surface area contributed by atoms with Gasteiger partial charge in [-0.1, -0.05) is 11.6 Å². The normalized spacial score (nSPS) is 15.6. The number of aromatic nitrogens is 2. The van der Waals surface area contributed by atoms with Crippen molar-refractivity contribution in [2.45, 2.75) is 12.8 Å². The topological polar surface area (TPSA) is 21.1 Å². The highest BCUT2D eigenvalue weighted by molar-refractivity contribution is 6.32. The predicted molar refractivity (Wildman–Crippen MR) is 96.1 cm³/mol.